The summed E-state index contributed by atoms with van der Waals surface area (Å²) in [7, 11) is 1.56. The number of hydrogen-bond acceptors (Lipinski definition) is 5. The van der Waals surface area contributed by atoms with E-state index in [1.54, 1.807) is 32.3 Å². The second-order valence-electron chi connectivity index (χ2n) is 4.78. The van der Waals surface area contributed by atoms with Crippen LogP contribution in [0.4, 0.5) is 4.39 Å². The lowest BCUT2D eigenvalue weighted by Gasteiger charge is -2.07. The lowest BCUT2D eigenvalue weighted by molar-refractivity contribution is -0.109. The van der Waals surface area contributed by atoms with Crippen molar-refractivity contribution in [2.45, 2.75) is 53.3 Å². The molecule has 1 rings (SSSR count). The maximum absolute atomic E-state index is 13.6. The fourth-order valence-electron chi connectivity index (χ4n) is 1.42. The van der Waals surface area contributed by atoms with E-state index in [-0.39, 0.29) is 6.54 Å². The standard InChI is InChI=1S/C12H20FN5.C2H5NO.C2H6/c1-9(14)3-5-12(15)6-4-11(13)8-18-7-10(2)16-17-18;1-3-2-4;1-2/h3,5,7,11H,4,6,8,14-15H2,1-2H3;2H,1H3,(H,3,4);1-2H3/b9-3-,12-5-;;. The summed E-state index contributed by atoms with van der Waals surface area (Å²) in [6, 6.07) is 0. The van der Waals surface area contributed by atoms with Crippen LogP contribution in [0.15, 0.2) is 29.7 Å². The molecule has 0 saturated heterocycles. The van der Waals surface area contributed by atoms with Crippen molar-refractivity contribution in [3.8, 4) is 0 Å². The molecular weight excluding hydrogens is 311 g/mol. The van der Waals surface area contributed by atoms with Crippen molar-refractivity contribution in [2.75, 3.05) is 7.05 Å². The minimum Gasteiger partial charge on any atom is -0.402 e. The normalized spacial score (nSPS) is 12.2. The van der Waals surface area contributed by atoms with Crippen molar-refractivity contribution < 1.29 is 9.18 Å². The number of aryl methyl sites for hydroxylation is 1. The predicted octanol–water partition coefficient (Wildman–Crippen LogP) is 1.80. The van der Waals surface area contributed by atoms with E-state index in [0.717, 1.165) is 5.69 Å². The molecule has 0 bridgehead atoms. The predicted molar refractivity (Wildman–Crippen MR) is 95.6 cm³/mol. The van der Waals surface area contributed by atoms with Crippen LogP contribution in [0.25, 0.3) is 0 Å². The molecule has 0 fully saturated rings. The summed E-state index contributed by atoms with van der Waals surface area (Å²) in [5, 5.41) is 9.85. The van der Waals surface area contributed by atoms with Gasteiger partial charge in [-0.3, -0.25) is 4.79 Å². The highest BCUT2D eigenvalue weighted by molar-refractivity contribution is 5.44. The topological polar surface area (TPSA) is 112 Å². The fourth-order valence-corrected chi connectivity index (χ4v) is 1.42. The third-order valence-corrected chi connectivity index (χ3v) is 2.46. The third kappa shape index (κ3) is 14.6. The second-order valence-corrected chi connectivity index (χ2v) is 4.78. The Morgan fingerprint density at radius 1 is 1.42 bits per heavy atom. The molecule has 0 saturated carbocycles. The molecule has 24 heavy (non-hydrogen) atoms. The molecule has 1 amide bonds. The van der Waals surface area contributed by atoms with Crippen LogP contribution < -0.4 is 16.8 Å². The maximum Gasteiger partial charge on any atom is 0.206 e. The smallest absolute Gasteiger partial charge is 0.206 e. The van der Waals surface area contributed by atoms with Crippen LogP contribution in [-0.4, -0.2) is 34.6 Å². The van der Waals surface area contributed by atoms with Gasteiger partial charge in [-0.1, -0.05) is 19.1 Å². The first kappa shape index (κ1) is 23.9. The van der Waals surface area contributed by atoms with Crippen LogP contribution in [0.1, 0.15) is 39.3 Å². The van der Waals surface area contributed by atoms with Crippen LogP contribution in [0.5, 0.6) is 0 Å². The lowest BCUT2D eigenvalue weighted by Crippen LogP contribution is -2.13. The lowest BCUT2D eigenvalue weighted by atomic mass is 10.1. The Morgan fingerprint density at radius 2 is 2.00 bits per heavy atom. The number of carbonyl (C=O) groups excluding carboxylic acids is 1. The first-order valence-electron chi connectivity index (χ1n) is 7.89. The van der Waals surface area contributed by atoms with Gasteiger partial charge in [0.15, 0.2) is 0 Å². The van der Waals surface area contributed by atoms with Gasteiger partial charge in [-0.25, -0.2) is 9.07 Å². The first-order valence-corrected chi connectivity index (χ1v) is 7.89. The molecule has 1 heterocycles. The Balaban J connectivity index is 0. The van der Waals surface area contributed by atoms with Crippen molar-refractivity contribution >= 4 is 6.41 Å². The van der Waals surface area contributed by atoms with Gasteiger partial charge in [0.2, 0.25) is 6.41 Å². The molecular formula is C16H31FN6O. The van der Waals surface area contributed by atoms with E-state index < -0.39 is 6.17 Å². The van der Waals surface area contributed by atoms with Crippen LogP contribution >= 0.6 is 0 Å². The Labute approximate surface area is 144 Å². The molecule has 8 heteroatoms. The van der Waals surface area contributed by atoms with Crippen molar-refractivity contribution in [1.29, 1.82) is 0 Å². The summed E-state index contributed by atoms with van der Waals surface area (Å²) in [5.41, 5.74) is 13.3. The fraction of sp³-hybridized carbons (Fsp3) is 0.562. The summed E-state index contributed by atoms with van der Waals surface area (Å²) in [6.45, 7) is 7.80. The van der Waals surface area contributed by atoms with E-state index >= 15 is 0 Å². The molecule has 0 aliphatic rings. The molecule has 5 N–H and O–H groups in total. The SMILES string of the molecule is C/C(N)=C/C=C(\N)CCC(F)Cn1cc(C)nn1.CC.CNC=O. The molecule has 1 aromatic rings. The number of halogens is 1. The second kappa shape index (κ2) is 15.5. The highest BCUT2D eigenvalue weighted by Crippen LogP contribution is 2.08. The molecule has 0 aliphatic heterocycles. The highest BCUT2D eigenvalue weighted by Gasteiger charge is 2.09. The first-order chi connectivity index (χ1) is 11.4. The van der Waals surface area contributed by atoms with Gasteiger partial charge < -0.3 is 16.8 Å². The van der Waals surface area contributed by atoms with E-state index in [1.807, 2.05) is 20.8 Å². The minimum absolute atomic E-state index is 0.208. The van der Waals surface area contributed by atoms with Crippen LogP contribution in [-0.2, 0) is 11.3 Å². The van der Waals surface area contributed by atoms with Crippen LogP contribution in [0, 0.1) is 6.92 Å². The summed E-state index contributed by atoms with van der Waals surface area (Å²) in [4.78, 5) is 9.06. The van der Waals surface area contributed by atoms with Crippen molar-refractivity contribution in [3.63, 3.8) is 0 Å². The van der Waals surface area contributed by atoms with Gasteiger partial charge in [0, 0.05) is 24.6 Å². The Morgan fingerprint density at radius 3 is 2.42 bits per heavy atom. The molecule has 1 unspecified atom stereocenters. The van der Waals surface area contributed by atoms with Crippen molar-refractivity contribution in [2.24, 2.45) is 11.5 Å². The number of amides is 1. The summed E-state index contributed by atoms with van der Waals surface area (Å²) < 4.78 is 15.1. The number of allylic oxidation sites excluding steroid dienone is 4. The molecule has 0 spiro atoms. The Hall–Kier alpha value is -2.38. The zero-order valence-corrected chi connectivity index (χ0v) is 15.3. The van der Waals surface area contributed by atoms with E-state index in [9.17, 15) is 4.39 Å². The molecule has 138 valence electrons. The summed E-state index contributed by atoms with van der Waals surface area (Å²) in [5.74, 6) is 0. The van der Waals surface area contributed by atoms with Crippen LogP contribution in [0.2, 0.25) is 0 Å². The summed E-state index contributed by atoms with van der Waals surface area (Å²) in [6.07, 6.45) is 5.63. The number of nitrogens with zero attached hydrogens (tertiary/aromatic N) is 3. The van der Waals surface area contributed by atoms with E-state index in [2.05, 4.69) is 15.6 Å². The molecule has 0 radical (unpaired) electrons. The van der Waals surface area contributed by atoms with Gasteiger partial charge in [-0.15, -0.1) is 5.10 Å². The number of rotatable bonds is 7. The quantitative estimate of drug-likeness (QED) is 0.517. The Bertz CT molecular complexity index is 495. The van der Waals surface area contributed by atoms with Gasteiger partial charge in [-0.05, 0) is 38.8 Å². The Kier molecular flexibility index (Phi) is 15.4. The molecule has 0 aliphatic carbocycles. The average Bonchev–Trinajstić information content (AvgIpc) is 2.98. The van der Waals surface area contributed by atoms with E-state index in [0.29, 0.717) is 30.6 Å². The van der Waals surface area contributed by atoms with Gasteiger partial charge in [0.05, 0.1) is 12.2 Å². The van der Waals surface area contributed by atoms with E-state index in [4.69, 9.17) is 16.3 Å². The zero-order chi connectivity index (χ0) is 19.0. The van der Waals surface area contributed by atoms with Crippen molar-refractivity contribution in [3.05, 3.63) is 35.4 Å². The van der Waals surface area contributed by atoms with Gasteiger partial charge in [0.1, 0.15) is 6.17 Å². The monoisotopic (exact) mass is 342 g/mol. The van der Waals surface area contributed by atoms with Crippen molar-refractivity contribution in [1.82, 2.24) is 20.3 Å². The maximum atomic E-state index is 13.6. The zero-order valence-electron chi connectivity index (χ0n) is 15.3. The van der Waals surface area contributed by atoms with Gasteiger partial charge in [-0.2, -0.15) is 0 Å². The average molecular weight is 342 g/mol. The summed E-state index contributed by atoms with van der Waals surface area (Å²) >= 11 is 0. The van der Waals surface area contributed by atoms with Crippen LogP contribution in [0.3, 0.4) is 0 Å². The molecule has 7 nitrogen and oxygen atoms in total. The molecule has 1 aromatic heterocycles. The highest BCUT2D eigenvalue weighted by atomic mass is 19.1. The number of aromatic nitrogens is 3. The number of nitrogens with one attached hydrogen (secondary N) is 1. The third-order valence-electron chi connectivity index (χ3n) is 2.46. The number of carbonyl (C=O) groups is 1. The molecule has 0 aromatic carbocycles. The van der Waals surface area contributed by atoms with Gasteiger partial charge in [0.25, 0.3) is 0 Å². The largest absolute Gasteiger partial charge is 0.402 e. The van der Waals surface area contributed by atoms with E-state index in [1.165, 1.54) is 4.68 Å². The molecule has 1 atom stereocenters. The number of alkyl halides is 1. The minimum atomic E-state index is -0.985. The number of nitrogens with two attached hydrogens (primary N) is 2. The number of hydrogen-bond donors (Lipinski definition) is 3. The van der Waals surface area contributed by atoms with Gasteiger partial charge >= 0.3 is 0 Å².